The number of nitriles is 1. The molecule has 15 heteroatoms. The average Bonchev–Trinajstić information content (AvgIpc) is 3.44. The Kier molecular flexibility index (Phi) is 8.34. The molecule has 3 atom stereocenters. The van der Waals surface area contributed by atoms with E-state index >= 15 is 0 Å². The minimum atomic E-state index is -4.28. The van der Waals surface area contributed by atoms with Gasteiger partial charge >= 0.3 is 6.30 Å². The first-order chi connectivity index (χ1) is 25.4. The lowest BCUT2D eigenvalue weighted by molar-refractivity contribution is -0.240. The van der Waals surface area contributed by atoms with Gasteiger partial charge in [0.25, 0.3) is 0 Å². The number of alkyl halides is 3. The van der Waals surface area contributed by atoms with Crippen molar-refractivity contribution in [2.45, 2.75) is 55.9 Å². The first-order valence-electron chi connectivity index (χ1n) is 18.0. The normalized spacial score (nSPS) is 25.2. The number of aromatic nitrogens is 3. The standard InChI is InChI=1S/C38H37Cl2F3N8O2/c39-26-2-3-31(32(40)13-26)37(5-6-37)35(52)51-27-14-28(51)20-48(19-27)33-4-1-24(17-45-33)30-15-29(21-50-34(30)25(16-44)18-46-50)53-12-11-47-9-7-36(22-47)8-10-49(23-36)38(41,42)43/h1-4,13,15,17-18,21,27-28H,5-12,14,19-20,22-23H2. The number of nitrogens with zero attached hydrogens (tertiary/aromatic N) is 8. The lowest BCUT2D eigenvalue weighted by Crippen LogP contribution is -2.71. The van der Waals surface area contributed by atoms with Gasteiger partial charge in [0, 0.05) is 66.6 Å². The monoisotopic (exact) mass is 764 g/mol. The zero-order valence-corrected chi connectivity index (χ0v) is 30.3. The maximum Gasteiger partial charge on any atom is 0.459 e. The molecule has 6 aliphatic rings. The van der Waals surface area contributed by atoms with Gasteiger partial charge in [-0.3, -0.25) is 9.69 Å². The summed E-state index contributed by atoms with van der Waals surface area (Å²) in [5, 5.41) is 15.4. The van der Waals surface area contributed by atoms with Gasteiger partial charge in [0.15, 0.2) is 0 Å². The highest BCUT2D eigenvalue weighted by atomic mass is 35.5. The number of rotatable bonds is 8. The fourth-order valence-electron chi connectivity index (χ4n) is 9.18. The predicted octanol–water partition coefficient (Wildman–Crippen LogP) is 6.39. The van der Waals surface area contributed by atoms with Crippen LogP contribution in [0, 0.1) is 16.7 Å². The Morgan fingerprint density at radius 1 is 1.02 bits per heavy atom. The van der Waals surface area contributed by atoms with E-state index in [2.05, 4.69) is 25.9 Å². The Balaban J connectivity index is 0.865. The molecule has 0 radical (unpaired) electrons. The summed E-state index contributed by atoms with van der Waals surface area (Å²) >= 11 is 12.7. The highest BCUT2D eigenvalue weighted by Crippen LogP contribution is 2.54. The Labute approximate surface area is 314 Å². The van der Waals surface area contributed by atoms with E-state index in [0.717, 1.165) is 54.7 Å². The number of likely N-dealkylation sites (tertiary alicyclic amines) is 2. The van der Waals surface area contributed by atoms with Gasteiger partial charge in [-0.2, -0.15) is 23.5 Å². The van der Waals surface area contributed by atoms with E-state index in [0.29, 0.717) is 71.0 Å². The number of halogens is 5. The van der Waals surface area contributed by atoms with Gasteiger partial charge < -0.3 is 14.5 Å². The van der Waals surface area contributed by atoms with Crippen molar-refractivity contribution in [1.82, 2.24) is 29.3 Å². The quantitative estimate of drug-likeness (QED) is 0.191. The van der Waals surface area contributed by atoms with Crippen molar-refractivity contribution in [2.75, 3.05) is 57.3 Å². The number of amides is 1. The van der Waals surface area contributed by atoms with Gasteiger partial charge in [-0.05, 0) is 80.0 Å². The number of hydrogen-bond acceptors (Lipinski definition) is 8. The molecule has 1 aromatic carbocycles. The SMILES string of the molecule is N#Cc1cnn2cc(OCCN3CCC4(CCN(C(F)(F)F)C4)C3)cc(-c3ccc(N4CC5CC(C4)N5C(=O)C4(c5ccc(Cl)cc5Cl)CC4)nc3)c12. The first kappa shape index (κ1) is 34.7. The molecular formula is C38H37Cl2F3N8O2. The van der Waals surface area contributed by atoms with Crippen LogP contribution in [0.25, 0.3) is 16.6 Å². The van der Waals surface area contributed by atoms with Crippen molar-refractivity contribution in [2.24, 2.45) is 5.41 Å². The second-order valence-corrected chi connectivity index (χ2v) is 16.2. The molecule has 8 heterocycles. The Morgan fingerprint density at radius 3 is 2.49 bits per heavy atom. The molecule has 53 heavy (non-hydrogen) atoms. The maximum atomic E-state index is 13.9. The van der Waals surface area contributed by atoms with Crippen LogP contribution in [0.5, 0.6) is 5.75 Å². The van der Waals surface area contributed by atoms with Crippen molar-refractivity contribution < 1.29 is 22.7 Å². The zero-order chi connectivity index (χ0) is 36.7. The number of piperazine rings is 1. The third-order valence-corrected chi connectivity index (χ3v) is 12.7. The highest BCUT2D eigenvalue weighted by Gasteiger charge is 2.59. The van der Waals surface area contributed by atoms with E-state index in [9.17, 15) is 23.2 Å². The van der Waals surface area contributed by atoms with E-state index in [1.54, 1.807) is 29.0 Å². The largest absolute Gasteiger partial charge is 0.491 e. The summed E-state index contributed by atoms with van der Waals surface area (Å²) in [7, 11) is 0. The smallest absolute Gasteiger partial charge is 0.459 e. The molecular weight excluding hydrogens is 728 g/mol. The minimum absolute atomic E-state index is 0.0553. The number of anilines is 1. The van der Waals surface area contributed by atoms with Crippen molar-refractivity contribution in [3.8, 4) is 22.9 Å². The van der Waals surface area contributed by atoms with E-state index in [1.165, 1.54) is 6.20 Å². The summed E-state index contributed by atoms with van der Waals surface area (Å²) in [5.74, 6) is 1.54. The van der Waals surface area contributed by atoms with Crippen molar-refractivity contribution >= 4 is 40.4 Å². The van der Waals surface area contributed by atoms with E-state index in [4.69, 9.17) is 32.9 Å². The van der Waals surface area contributed by atoms with E-state index < -0.39 is 11.7 Å². The Bertz CT molecular complexity index is 2120. The zero-order valence-electron chi connectivity index (χ0n) is 28.8. The molecule has 3 unspecified atom stereocenters. The second-order valence-electron chi connectivity index (χ2n) is 15.3. The van der Waals surface area contributed by atoms with Crippen LogP contribution in [0.4, 0.5) is 19.0 Å². The molecule has 5 saturated heterocycles. The molecule has 2 bridgehead atoms. The summed E-state index contributed by atoms with van der Waals surface area (Å²) in [5.41, 5.74) is 2.61. The molecule has 1 amide bonds. The van der Waals surface area contributed by atoms with E-state index in [1.807, 2.05) is 24.3 Å². The third-order valence-electron chi connectivity index (χ3n) is 12.1. The molecule has 4 aromatic rings. The number of hydrogen-bond donors (Lipinski definition) is 0. The van der Waals surface area contributed by atoms with Crippen LogP contribution in [0.1, 0.15) is 43.2 Å². The van der Waals surface area contributed by atoms with Crippen LogP contribution in [-0.4, -0.2) is 106 Å². The van der Waals surface area contributed by atoms with E-state index in [-0.39, 0.29) is 36.5 Å². The number of carbonyl (C=O) groups is 1. The minimum Gasteiger partial charge on any atom is -0.491 e. The maximum absolute atomic E-state index is 13.9. The highest BCUT2D eigenvalue weighted by molar-refractivity contribution is 6.35. The summed E-state index contributed by atoms with van der Waals surface area (Å²) in [6.07, 6.45) is 4.61. The molecule has 10 nitrogen and oxygen atoms in total. The van der Waals surface area contributed by atoms with Crippen LogP contribution in [0.15, 0.2) is 55.0 Å². The van der Waals surface area contributed by atoms with Crippen LogP contribution < -0.4 is 9.64 Å². The molecule has 1 spiro atoms. The summed E-state index contributed by atoms with van der Waals surface area (Å²) in [6, 6.07) is 13.7. The van der Waals surface area contributed by atoms with Gasteiger partial charge in [-0.15, -0.1) is 0 Å². The second kappa shape index (κ2) is 12.8. The van der Waals surface area contributed by atoms with Crippen molar-refractivity contribution in [3.05, 3.63) is 76.2 Å². The lowest BCUT2D eigenvalue weighted by Gasteiger charge is -2.57. The molecule has 1 aliphatic carbocycles. The van der Waals surface area contributed by atoms with Gasteiger partial charge in [0.05, 0.1) is 41.0 Å². The number of piperidine rings is 1. The van der Waals surface area contributed by atoms with Gasteiger partial charge in [0.1, 0.15) is 24.2 Å². The number of pyridine rings is 2. The van der Waals surface area contributed by atoms with Crippen LogP contribution in [0.3, 0.4) is 0 Å². The summed E-state index contributed by atoms with van der Waals surface area (Å²) in [4.78, 5) is 25.9. The van der Waals surface area contributed by atoms with Crippen LogP contribution in [0.2, 0.25) is 10.0 Å². The van der Waals surface area contributed by atoms with Crippen molar-refractivity contribution in [1.29, 1.82) is 5.26 Å². The third kappa shape index (κ3) is 6.08. The molecule has 10 rings (SSSR count). The molecule has 276 valence electrons. The van der Waals surface area contributed by atoms with Crippen molar-refractivity contribution in [3.63, 3.8) is 0 Å². The Hall–Kier alpha value is -4.09. The number of carbonyl (C=O) groups excluding carboxylic acids is 1. The molecule has 3 aromatic heterocycles. The number of fused-ring (bicyclic) bond motifs is 3. The molecule has 0 N–H and O–H groups in total. The topological polar surface area (TPSA) is 93.2 Å². The molecule has 1 saturated carbocycles. The predicted molar refractivity (Wildman–Crippen MR) is 193 cm³/mol. The Morgan fingerprint density at radius 2 is 1.81 bits per heavy atom. The lowest BCUT2D eigenvalue weighted by atomic mass is 9.83. The van der Waals surface area contributed by atoms with Gasteiger partial charge in [-0.25, -0.2) is 14.4 Å². The van der Waals surface area contributed by atoms with Gasteiger partial charge in [-0.1, -0.05) is 29.3 Å². The fourth-order valence-corrected chi connectivity index (χ4v) is 9.77. The molecule has 5 aliphatic heterocycles. The first-order valence-corrected chi connectivity index (χ1v) is 18.8. The van der Waals surface area contributed by atoms with Crippen LogP contribution in [-0.2, 0) is 10.2 Å². The fraction of sp³-hybridized carbons (Fsp3) is 0.474. The van der Waals surface area contributed by atoms with Gasteiger partial charge in [0.2, 0.25) is 5.91 Å². The molecule has 6 fully saturated rings. The number of benzene rings is 1. The average molecular weight is 766 g/mol. The van der Waals surface area contributed by atoms with Crippen LogP contribution >= 0.6 is 23.2 Å². The summed E-state index contributed by atoms with van der Waals surface area (Å²) in [6.45, 7) is 3.81. The summed E-state index contributed by atoms with van der Waals surface area (Å²) < 4.78 is 47.7. The number of ether oxygens (including phenoxy) is 1.